The Morgan fingerprint density at radius 3 is 2.80 bits per heavy atom. The fraction of sp³-hybridized carbons (Fsp3) is 0.0667. The minimum absolute atomic E-state index is 0.0359. The van der Waals surface area contributed by atoms with Gasteiger partial charge in [0.2, 0.25) is 5.91 Å². The molecule has 0 aliphatic carbocycles. The van der Waals surface area contributed by atoms with Gasteiger partial charge >= 0.3 is 0 Å². The van der Waals surface area contributed by atoms with E-state index in [0.717, 1.165) is 26.6 Å². The number of amides is 1. The molecule has 100 valence electrons. The summed E-state index contributed by atoms with van der Waals surface area (Å²) in [5.74, 6) is -0.0359. The van der Waals surface area contributed by atoms with Gasteiger partial charge in [-0.1, -0.05) is 28.1 Å². The Morgan fingerprint density at radius 2 is 2.00 bits per heavy atom. The van der Waals surface area contributed by atoms with Gasteiger partial charge in [-0.2, -0.15) is 5.10 Å². The number of halogens is 1. The number of hydrogen-bond donors (Lipinski definition) is 2. The van der Waals surface area contributed by atoms with Crippen LogP contribution in [0.25, 0.3) is 10.9 Å². The highest BCUT2D eigenvalue weighted by Crippen LogP contribution is 2.17. The first-order valence-corrected chi connectivity index (χ1v) is 6.97. The molecule has 3 aromatic rings. The molecule has 1 aromatic heterocycles. The fourth-order valence-electron chi connectivity index (χ4n) is 2.01. The third-order valence-corrected chi connectivity index (χ3v) is 3.53. The van der Waals surface area contributed by atoms with Crippen LogP contribution in [0.15, 0.2) is 53.1 Å². The molecule has 0 aliphatic heterocycles. The number of benzene rings is 2. The van der Waals surface area contributed by atoms with E-state index in [2.05, 4.69) is 31.4 Å². The van der Waals surface area contributed by atoms with Crippen molar-refractivity contribution < 1.29 is 4.79 Å². The largest absolute Gasteiger partial charge is 0.326 e. The Morgan fingerprint density at radius 1 is 1.20 bits per heavy atom. The van der Waals surface area contributed by atoms with Gasteiger partial charge < -0.3 is 5.32 Å². The predicted octanol–water partition coefficient (Wildman–Crippen LogP) is 3.51. The molecule has 0 aliphatic rings. The quantitative estimate of drug-likeness (QED) is 0.772. The van der Waals surface area contributed by atoms with Gasteiger partial charge in [0.25, 0.3) is 0 Å². The SMILES string of the molecule is O=C(Cc1ccc(Br)cc1)Nc1ccc2cn[nH]c2c1. The molecule has 0 unspecified atom stereocenters. The maximum atomic E-state index is 12.0. The lowest BCUT2D eigenvalue weighted by atomic mass is 10.1. The van der Waals surface area contributed by atoms with Crippen LogP contribution in [0.5, 0.6) is 0 Å². The van der Waals surface area contributed by atoms with Crippen molar-refractivity contribution in [2.45, 2.75) is 6.42 Å². The lowest BCUT2D eigenvalue weighted by molar-refractivity contribution is -0.115. The van der Waals surface area contributed by atoms with Crippen LogP contribution in [0, 0.1) is 0 Å². The number of anilines is 1. The zero-order valence-corrected chi connectivity index (χ0v) is 12.1. The van der Waals surface area contributed by atoms with Crippen molar-refractivity contribution in [2.75, 3.05) is 5.32 Å². The Hall–Kier alpha value is -2.14. The maximum Gasteiger partial charge on any atom is 0.228 e. The van der Waals surface area contributed by atoms with Crippen LogP contribution < -0.4 is 5.32 Å². The Labute approximate surface area is 124 Å². The average Bonchev–Trinajstić information content (AvgIpc) is 2.89. The molecule has 4 nitrogen and oxygen atoms in total. The van der Waals surface area contributed by atoms with E-state index in [1.807, 2.05) is 42.5 Å². The van der Waals surface area contributed by atoms with Crippen LogP contribution in [0.1, 0.15) is 5.56 Å². The first kappa shape index (κ1) is 12.9. The van der Waals surface area contributed by atoms with Gasteiger partial charge in [0, 0.05) is 15.5 Å². The van der Waals surface area contributed by atoms with Crippen molar-refractivity contribution in [1.29, 1.82) is 0 Å². The van der Waals surface area contributed by atoms with E-state index in [1.165, 1.54) is 0 Å². The van der Waals surface area contributed by atoms with Crippen LogP contribution in [-0.2, 0) is 11.2 Å². The smallest absolute Gasteiger partial charge is 0.228 e. The number of aromatic amines is 1. The number of rotatable bonds is 3. The van der Waals surface area contributed by atoms with E-state index in [0.29, 0.717) is 6.42 Å². The van der Waals surface area contributed by atoms with Gasteiger partial charge in [0.15, 0.2) is 0 Å². The minimum Gasteiger partial charge on any atom is -0.326 e. The van der Waals surface area contributed by atoms with E-state index >= 15 is 0 Å². The van der Waals surface area contributed by atoms with Gasteiger partial charge in [-0.15, -0.1) is 0 Å². The number of carbonyl (C=O) groups excluding carboxylic acids is 1. The Kier molecular flexibility index (Phi) is 3.52. The number of H-pyrrole nitrogens is 1. The normalized spacial score (nSPS) is 10.7. The van der Waals surface area contributed by atoms with E-state index in [1.54, 1.807) is 6.20 Å². The second-order valence-corrected chi connectivity index (χ2v) is 5.44. The zero-order valence-electron chi connectivity index (χ0n) is 10.6. The summed E-state index contributed by atoms with van der Waals surface area (Å²) in [5, 5.41) is 10.8. The molecule has 0 bridgehead atoms. The molecule has 3 rings (SSSR count). The Balaban J connectivity index is 1.70. The van der Waals surface area contributed by atoms with E-state index in [-0.39, 0.29) is 5.91 Å². The highest BCUT2D eigenvalue weighted by atomic mass is 79.9. The summed E-state index contributed by atoms with van der Waals surface area (Å²) < 4.78 is 1.01. The summed E-state index contributed by atoms with van der Waals surface area (Å²) in [5.41, 5.74) is 2.66. The van der Waals surface area contributed by atoms with Crippen LogP contribution >= 0.6 is 15.9 Å². The number of nitrogens with zero attached hydrogens (tertiary/aromatic N) is 1. The summed E-state index contributed by atoms with van der Waals surface area (Å²) in [6, 6.07) is 13.4. The summed E-state index contributed by atoms with van der Waals surface area (Å²) >= 11 is 3.37. The number of carbonyl (C=O) groups is 1. The highest BCUT2D eigenvalue weighted by Gasteiger charge is 2.05. The van der Waals surface area contributed by atoms with Gasteiger partial charge in [0.1, 0.15) is 0 Å². The number of nitrogens with one attached hydrogen (secondary N) is 2. The van der Waals surface area contributed by atoms with Gasteiger partial charge in [-0.3, -0.25) is 9.89 Å². The summed E-state index contributed by atoms with van der Waals surface area (Å²) in [6.45, 7) is 0. The van der Waals surface area contributed by atoms with Gasteiger partial charge in [-0.25, -0.2) is 0 Å². The molecular formula is C15H12BrN3O. The van der Waals surface area contributed by atoms with Crippen molar-refractivity contribution in [1.82, 2.24) is 10.2 Å². The van der Waals surface area contributed by atoms with Crippen LogP contribution in [-0.4, -0.2) is 16.1 Å². The minimum atomic E-state index is -0.0359. The first-order valence-electron chi connectivity index (χ1n) is 6.18. The van der Waals surface area contributed by atoms with E-state index < -0.39 is 0 Å². The van der Waals surface area contributed by atoms with Crippen LogP contribution in [0.2, 0.25) is 0 Å². The molecule has 0 fully saturated rings. The summed E-state index contributed by atoms with van der Waals surface area (Å²) in [4.78, 5) is 12.0. The molecule has 20 heavy (non-hydrogen) atoms. The first-order chi connectivity index (χ1) is 9.70. The average molecular weight is 330 g/mol. The summed E-state index contributed by atoms with van der Waals surface area (Å²) in [6.07, 6.45) is 2.11. The lowest BCUT2D eigenvalue weighted by Crippen LogP contribution is -2.14. The van der Waals surface area contributed by atoms with Crippen molar-refractivity contribution in [2.24, 2.45) is 0 Å². The lowest BCUT2D eigenvalue weighted by Gasteiger charge is -2.05. The second-order valence-electron chi connectivity index (χ2n) is 4.52. The molecule has 0 saturated carbocycles. The molecule has 0 spiro atoms. The molecule has 0 atom stereocenters. The van der Waals surface area contributed by atoms with Crippen molar-refractivity contribution in [3.05, 3.63) is 58.7 Å². The molecule has 1 amide bonds. The van der Waals surface area contributed by atoms with Crippen molar-refractivity contribution in [3.63, 3.8) is 0 Å². The molecule has 0 saturated heterocycles. The molecule has 1 heterocycles. The number of hydrogen-bond acceptors (Lipinski definition) is 2. The van der Waals surface area contributed by atoms with Crippen molar-refractivity contribution >= 4 is 38.4 Å². The van der Waals surface area contributed by atoms with E-state index in [9.17, 15) is 4.79 Å². The summed E-state index contributed by atoms with van der Waals surface area (Å²) in [7, 11) is 0. The molecule has 2 N–H and O–H groups in total. The molecule has 5 heteroatoms. The van der Waals surface area contributed by atoms with Gasteiger partial charge in [0.05, 0.1) is 18.1 Å². The molecule has 0 radical (unpaired) electrons. The highest BCUT2D eigenvalue weighted by molar-refractivity contribution is 9.10. The van der Waals surface area contributed by atoms with Crippen molar-refractivity contribution in [3.8, 4) is 0 Å². The van der Waals surface area contributed by atoms with Crippen LogP contribution in [0.3, 0.4) is 0 Å². The third kappa shape index (κ3) is 2.88. The fourth-order valence-corrected chi connectivity index (χ4v) is 2.27. The number of aromatic nitrogens is 2. The predicted molar refractivity (Wildman–Crippen MR) is 82.6 cm³/mol. The standard InChI is InChI=1S/C15H12BrN3O/c16-12-4-1-10(2-5-12)7-15(20)18-13-6-3-11-9-17-19-14(11)8-13/h1-6,8-9H,7H2,(H,17,19)(H,18,20). The number of fused-ring (bicyclic) bond motifs is 1. The molecule has 2 aromatic carbocycles. The zero-order chi connectivity index (χ0) is 13.9. The third-order valence-electron chi connectivity index (χ3n) is 3.00. The maximum absolute atomic E-state index is 12.0. The molecular weight excluding hydrogens is 318 g/mol. The second kappa shape index (κ2) is 5.46. The monoisotopic (exact) mass is 329 g/mol. The topological polar surface area (TPSA) is 57.8 Å². The van der Waals surface area contributed by atoms with Gasteiger partial charge in [-0.05, 0) is 35.9 Å². The van der Waals surface area contributed by atoms with Crippen LogP contribution in [0.4, 0.5) is 5.69 Å². The van der Waals surface area contributed by atoms with E-state index in [4.69, 9.17) is 0 Å². The Bertz CT molecular complexity index is 749.